The molecular formula is C13H7Cl2NO. The van der Waals surface area contributed by atoms with Gasteiger partial charge in [0.15, 0.2) is 0 Å². The van der Waals surface area contributed by atoms with Crippen molar-refractivity contribution in [3.8, 4) is 17.6 Å². The Morgan fingerprint density at radius 1 is 1.00 bits per heavy atom. The van der Waals surface area contributed by atoms with Crippen molar-refractivity contribution < 1.29 is 4.74 Å². The summed E-state index contributed by atoms with van der Waals surface area (Å²) in [5.74, 6) is 1.15. The largest absolute Gasteiger partial charge is 0.456 e. The van der Waals surface area contributed by atoms with Gasteiger partial charge >= 0.3 is 0 Å². The fourth-order valence-electron chi connectivity index (χ4n) is 1.28. The zero-order valence-corrected chi connectivity index (χ0v) is 10.2. The van der Waals surface area contributed by atoms with E-state index in [0.29, 0.717) is 27.1 Å². The Bertz CT molecular complexity index is 573. The second-order valence-electron chi connectivity index (χ2n) is 3.31. The van der Waals surface area contributed by atoms with Crippen molar-refractivity contribution in [1.82, 2.24) is 0 Å². The molecule has 84 valence electrons. The molecule has 0 bridgehead atoms. The number of hydrogen-bond donors (Lipinski definition) is 0. The molecule has 2 aromatic rings. The van der Waals surface area contributed by atoms with Crippen LogP contribution in [0.3, 0.4) is 0 Å². The maximum atomic E-state index is 8.67. The smallest absolute Gasteiger partial charge is 0.146 e. The van der Waals surface area contributed by atoms with Crippen LogP contribution in [-0.4, -0.2) is 0 Å². The molecule has 2 nitrogen and oxygen atoms in total. The lowest BCUT2D eigenvalue weighted by Gasteiger charge is -2.07. The minimum absolute atomic E-state index is 0.446. The van der Waals surface area contributed by atoms with Crippen molar-refractivity contribution in [3.63, 3.8) is 0 Å². The number of ether oxygens (including phenoxy) is 1. The zero-order chi connectivity index (χ0) is 12.3. The van der Waals surface area contributed by atoms with E-state index in [1.165, 1.54) is 0 Å². The van der Waals surface area contributed by atoms with Crippen LogP contribution in [-0.2, 0) is 0 Å². The second-order valence-corrected chi connectivity index (χ2v) is 4.16. The molecule has 0 fully saturated rings. The summed E-state index contributed by atoms with van der Waals surface area (Å²) < 4.78 is 5.56. The summed E-state index contributed by atoms with van der Waals surface area (Å²) >= 11 is 11.8. The molecule has 2 rings (SSSR count). The molecule has 0 saturated carbocycles. The molecule has 0 spiro atoms. The highest BCUT2D eigenvalue weighted by Crippen LogP contribution is 2.31. The minimum Gasteiger partial charge on any atom is -0.456 e. The first-order valence-electron chi connectivity index (χ1n) is 4.82. The molecule has 0 aliphatic rings. The van der Waals surface area contributed by atoms with Gasteiger partial charge in [-0.3, -0.25) is 0 Å². The fraction of sp³-hybridized carbons (Fsp3) is 0. The third-order valence-electron chi connectivity index (χ3n) is 2.11. The van der Waals surface area contributed by atoms with Crippen LogP contribution in [0.25, 0.3) is 0 Å². The molecule has 0 N–H and O–H groups in total. The van der Waals surface area contributed by atoms with E-state index in [1.54, 1.807) is 42.5 Å². The van der Waals surface area contributed by atoms with Gasteiger partial charge in [0.1, 0.15) is 11.5 Å². The van der Waals surface area contributed by atoms with Crippen LogP contribution in [0.15, 0.2) is 42.5 Å². The van der Waals surface area contributed by atoms with Crippen LogP contribution in [0.2, 0.25) is 10.0 Å². The van der Waals surface area contributed by atoms with Crippen LogP contribution in [0.1, 0.15) is 5.56 Å². The van der Waals surface area contributed by atoms with Gasteiger partial charge in [-0.15, -0.1) is 0 Å². The monoisotopic (exact) mass is 263 g/mol. The number of nitriles is 1. The Balaban J connectivity index is 2.23. The summed E-state index contributed by atoms with van der Waals surface area (Å²) in [6.45, 7) is 0. The Morgan fingerprint density at radius 2 is 1.71 bits per heavy atom. The first kappa shape index (κ1) is 11.8. The SMILES string of the molecule is N#Cc1ccc(Oc2ccc(Cl)cc2Cl)cc1. The highest BCUT2D eigenvalue weighted by atomic mass is 35.5. The molecule has 0 aromatic heterocycles. The van der Waals surface area contributed by atoms with Gasteiger partial charge in [0.25, 0.3) is 0 Å². The molecule has 0 atom stereocenters. The van der Waals surface area contributed by atoms with E-state index in [4.69, 9.17) is 33.2 Å². The fourth-order valence-corrected chi connectivity index (χ4v) is 1.73. The number of benzene rings is 2. The summed E-state index contributed by atoms with van der Waals surface area (Å²) in [7, 11) is 0. The van der Waals surface area contributed by atoms with Gasteiger partial charge in [0.2, 0.25) is 0 Å². The quantitative estimate of drug-likeness (QED) is 0.790. The van der Waals surface area contributed by atoms with Crippen LogP contribution >= 0.6 is 23.2 Å². The van der Waals surface area contributed by atoms with Gasteiger partial charge < -0.3 is 4.74 Å². The molecular weight excluding hydrogens is 257 g/mol. The van der Waals surface area contributed by atoms with Crippen molar-refractivity contribution >= 4 is 23.2 Å². The minimum atomic E-state index is 0.446. The lowest BCUT2D eigenvalue weighted by Crippen LogP contribution is -1.85. The van der Waals surface area contributed by atoms with Gasteiger partial charge in [-0.25, -0.2) is 0 Å². The summed E-state index contributed by atoms with van der Waals surface area (Å²) in [4.78, 5) is 0. The van der Waals surface area contributed by atoms with E-state index in [2.05, 4.69) is 0 Å². The van der Waals surface area contributed by atoms with Crippen LogP contribution in [0.5, 0.6) is 11.5 Å². The summed E-state index contributed by atoms with van der Waals surface area (Å²) in [6.07, 6.45) is 0. The molecule has 2 aromatic carbocycles. The lowest BCUT2D eigenvalue weighted by atomic mass is 10.2. The highest BCUT2D eigenvalue weighted by Gasteiger charge is 2.03. The number of halogens is 2. The highest BCUT2D eigenvalue weighted by molar-refractivity contribution is 6.35. The molecule has 4 heteroatoms. The average molecular weight is 264 g/mol. The number of hydrogen-bond acceptors (Lipinski definition) is 2. The molecule has 17 heavy (non-hydrogen) atoms. The Hall–Kier alpha value is -1.69. The Morgan fingerprint density at radius 3 is 2.29 bits per heavy atom. The predicted molar refractivity (Wildman–Crippen MR) is 67.7 cm³/mol. The van der Waals surface area contributed by atoms with Crippen LogP contribution in [0.4, 0.5) is 0 Å². The summed E-state index contributed by atoms with van der Waals surface area (Å²) in [5, 5.41) is 9.67. The standard InChI is InChI=1S/C13H7Cl2NO/c14-10-3-6-13(12(15)7-10)17-11-4-1-9(8-16)2-5-11/h1-7H. The third-order valence-corrected chi connectivity index (χ3v) is 2.64. The lowest BCUT2D eigenvalue weighted by molar-refractivity contribution is 0.483. The van der Waals surface area contributed by atoms with Crippen molar-refractivity contribution in [2.24, 2.45) is 0 Å². The Labute approximate surface area is 109 Å². The van der Waals surface area contributed by atoms with Crippen molar-refractivity contribution in [2.75, 3.05) is 0 Å². The molecule has 0 unspecified atom stereocenters. The normalized spacial score (nSPS) is 9.71. The molecule has 0 heterocycles. The van der Waals surface area contributed by atoms with E-state index in [1.807, 2.05) is 6.07 Å². The topological polar surface area (TPSA) is 33.0 Å². The van der Waals surface area contributed by atoms with E-state index < -0.39 is 0 Å². The van der Waals surface area contributed by atoms with Crippen molar-refractivity contribution in [2.45, 2.75) is 0 Å². The Kier molecular flexibility index (Phi) is 3.53. The zero-order valence-electron chi connectivity index (χ0n) is 8.65. The maximum absolute atomic E-state index is 8.67. The molecule has 0 aliphatic carbocycles. The van der Waals surface area contributed by atoms with Gasteiger partial charge in [-0.05, 0) is 42.5 Å². The van der Waals surface area contributed by atoms with Crippen LogP contribution < -0.4 is 4.74 Å². The molecule has 0 saturated heterocycles. The summed E-state index contributed by atoms with van der Waals surface area (Å²) in [5.41, 5.74) is 0.583. The van der Waals surface area contributed by atoms with E-state index >= 15 is 0 Å². The van der Waals surface area contributed by atoms with E-state index in [9.17, 15) is 0 Å². The first-order chi connectivity index (χ1) is 8.19. The molecule has 0 radical (unpaired) electrons. The molecule has 0 amide bonds. The van der Waals surface area contributed by atoms with Gasteiger partial charge in [0.05, 0.1) is 16.7 Å². The number of rotatable bonds is 2. The van der Waals surface area contributed by atoms with Crippen molar-refractivity contribution in [1.29, 1.82) is 5.26 Å². The van der Waals surface area contributed by atoms with Gasteiger partial charge in [0, 0.05) is 5.02 Å². The first-order valence-corrected chi connectivity index (χ1v) is 5.58. The van der Waals surface area contributed by atoms with Crippen molar-refractivity contribution in [3.05, 3.63) is 58.1 Å². The summed E-state index contributed by atoms with van der Waals surface area (Å²) in [6, 6.07) is 13.8. The average Bonchev–Trinajstić information content (AvgIpc) is 2.34. The maximum Gasteiger partial charge on any atom is 0.146 e. The predicted octanol–water partition coefficient (Wildman–Crippen LogP) is 4.66. The van der Waals surface area contributed by atoms with E-state index in [0.717, 1.165) is 0 Å². The van der Waals surface area contributed by atoms with Gasteiger partial charge in [-0.2, -0.15) is 5.26 Å². The van der Waals surface area contributed by atoms with Gasteiger partial charge in [-0.1, -0.05) is 23.2 Å². The second kappa shape index (κ2) is 5.09. The van der Waals surface area contributed by atoms with E-state index in [-0.39, 0.29) is 0 Å². The van der Waals surface area contributed by atoms with Crippen LogP contribution in [0, 0.1) is 11.3 Å². The number of nitrogens with zero attached hydrogens (tertiary/aromatic N) is 1. The third kappa shape index (κ3) is 2.91. The molecule has 0 aliphatic heterocycles.